The number of aliphatic carboxylic acids is 2. The first kappa shape index (κ1) is 87.2. The van der Waals surface area contributed by atoms with Crippen molar-refractivity contribution >= 4 is 112 Å². The number of aliphatic hydroxyl groups excluding tert-OH is 1. The molecule has 2 rings (SSSR count). The third kappa shape index (κ3) is 33.3. The number of phenolic OH excluding ortho intramolecular Hbond substituents is 1. The van der Waals surface area contributed by atoms with Crippen LogP contribution in [0.5, 0.6) is 5.75 Å². The van der Waals surface area contributed by atoms with Gasteiger partial charge in [0.05, 0.1) is 25.4 Å². The molecule has 30 N–H and O–H groups in total. The van der Waals surface area contributed by atoms with Crippen molar-refractivity contribution in [1.29, 1.82) is 0 Å². The molecule has 0 aliphatic rings. The number of aliphatic imine (C=N–C) groups is 2. The number of hydrogen-bond donors (Lipinski definition) is 23. The summed E-state index contributed by atoms with van der Waals surface area (Å²) in [6.07, 6.45) is 0.465. The number of rotatable bonds is 48. The number of carbonyl (C=O) groups is 15. The maximum absolute atomic E-state index is 14.6. The normalized spacial score (nSPS) is 14.5. The summed E-state index contributed by atoms with van der Waals surface area (Å²) in [7, 11) is 0. The number of nitrogens with zero attached hydrogens (tertiary/aromatic N) is 3. The number of carboxylic acids is 2. The molecule has 0 bridgehead atoms. The third-order valence-corrected chi connectivity index (χ3v) is 15.6. The number of thioether (sulfide) groups is 1. The number of primary amides is 2. The van der Waals surface area contributed by atoms with Crippen molar-refractivity contribution in [1.82, 2.24) is 68.5 Å². The highest BCUT2D eigenvalue weighted by Crippen LogP contribution is 2.15. The number of carboxylic acid groups (broad SMARTS) is 2. The van der Waals surface area contributed by atoms with Crippen LogP contribution in [-0.2, 0) is 84.8 Å². The fourth-order valence-electron chi connectivity index (χ4n) is 9.28. The van der Waals surface area contributed by atoms with Crippen molar-refractivity contribution in [2.75, 3.05) is 31.7 Å². The summed E-state index contributed by atoms with van der Waals surface area (Å²) >= 11 is 1.26. The van der Waals surface area contributed by atoms with E-state index < -0.39 is 199 Å². The van der Waals surface area contributed by atoms with Gasteiger partial charge in [-0.25, -0.2) is 9.78 Å². The number of nitrogens with two attached hydrogens (primary N) is 7. The van der Waals surface area contributed by atoms with Crippen LogP contribution in [0.2, 0.25) is 0 Å². The largest absolute Gasteiger partial charge is 0.508 e. The first-order valence-electron chi connectivity index (χ1n) is 32.0. The fraction of sp³-hybridized carbons (Fsp3) is 0.567. The number of aromatic nitrogens is 2. The van der Waals surface area contributed by atoms with Crippen molar-refractivity contribution in [2.45, 2.75) is 177 Å². The van der Waals surface area contributed by atoms with Crippen LogP contribution in [0.3, 0.4) is 0 Å². The van der Waals surface area contributed by atoms with Gasteiger partial charge in [-0.2, -0.15) is 11.8 Å². The number of benzene rings is 1. The van der Waals surface area contributed by atoms with Gasteiger partial charge in [-0.05, 0) is 94.4 Å². The van der Waals surface area contributed by atoms with Gasteiger partial charge in [0.25, 0.3) is 0 Å². The smallest absolute Gasteiger partial charge is 0.326 e. The quantitative estimate of drug-likeness (QED) is 0.0166. The van der Waals surface area contributed by atoms with Crippen molar-refractivity contribution in [3.63, 3.8) is 0 Å². The van der Waals surface area contributed by atoms with Gasteiger partial charge < -0.3 is 124 Å². The molecule has 0 unspecified atom stereocenters. The van der Waals surface area contributed by atoms with E-state index in [1.54, 1.807) is 6.26 Å². The number of imidazole rings is 1. The second-order valence-corrected chi connectivity index (χ2v) is 24.7. The molecule has 13 amide bonds. The Balaban J connectivity index is 2.50. The molecular formula is C60H96N22O19S. The zero-order valence-corrected chi connectivity index (χ0v) is 57.8. The SMILES string of the molecule is CSCC[C@H](NC(=O)[C@H](Cc1ccc(O)cc1)NC(=O)[C@H](CC(N)=O)NC(=O)[C@H](CCC(=O)O)NC(=O)[C@@H](NC(=O)[C@H](CCCN=C(N)N)NC(=O)[C@H](CO)NC(=O)[C@H](C)NC(=O)[C@H](C)NC(=O)[C@@H](N)CCC(N)=O)C(C)C)C(=O)N[C@@H](Cc1cnc[nH]1)C(=O)N[C@@H](CCCN=C(N)N)C(=O)O. The second-order valence-electron chi connectivity index (χ2n) is 23.7. The molecule has 0 radical (unpaired) electrons. The predicted molar refractivity (Wildman–Crippen MR) is 366 cm³/mol. The van der Waals surface area contributed by atoms with E-state index in [2.05, 4.69) is 78.4 Å². The van der Waals surface area contributed by atoms with Gasteiger partial charge in [-0.15, -0.1) is 0 Å². The van der Waals surface area contributed by atoms with Gasteiger partial charge >= 0.3 is 11.9 Å². The van der Waals surface area contributed by atoms with Crippen LogP contribution in [0.15, 0.2) is 46.8 Å². The maximum atomic E-state index is 14.6. The summed E-state index contributed by atoms with van der Waals surface area (Å²) in [6.45, 7) is 4.23. The van der Waals surface area contributed by atoms with Crippen LogP contribution >= 0.6 is 11.8 Å². The highest BCUT2D eigenvalue weighted by atomic mass is 32.2. The molecular weight excluding hydrogens is 1360 g/mol. The summed E-state index contributed by atoms with van der Waals surface area (Å²) in [5, 5.41) is 66.4. The number of nitrogens with one attached hydrogen (secondary N) is 12. The first-order valence-corrected chi connectivity index (χ1v) is 33.4. The van der Waals surface area contributed by atoms with Crippen molar-refractivity contribution in [3.05, 3.63) is 48.0 Å². The Labute approximate surface area is 589 Å². The fourth-order valence-corrected chi connectivity index (χ4v) is 9.75. The lowest BCUT2D eigenvalue weighted by Gasteiger charge is -2.29. The zero-order chi connectivity index (χ0) is 76.9. The minimum Gasteiger partial charge on any atom is -0.508 e. The van der Waals surface area contributed by atoms with Crippen LogP contribution in [0, 0.1) is 5.92 Å². The number of aromatic amines is 1. The van der Waals surface area contributed by atoms with Crippen LogP contribution in [-0.4, -0.2) is 235 Å². The molecule has 41 nitrogen and oxygen atoms in total. The monoisotopic (exact) mass is 1460 g/mol. The van der Waals surface area contributed by atoms with Gasteiger partial charge in [0, 0.05) is 50.7 Å². The van der Waals surface area contributed by atoms with E-state index in [0.717, 1.165) is 0 Å². The van der Waals surface area contributed by atoms with E-state index in [1.165, 1.54) is 76.2 Å². The minimum absolute atomic E-state index is 0.0186. The van der Waals surface area contributed by atoms with Crippen LogP contribution in [0.4, 0.5) is 0 Å². The Morgan fingerprint density at radius 1 is 0.500 bits per heavy atom. The molecule has 102 heavy (non-hydrogen) atoms. The lowest BCUT2D eigenvalue weighted by Crippen LogP contribution is -2.62. The van der Waals surface area contributed by atoms with Crippen molar-refractivity contribution in [3.8, 4) is 5.75 Å². The number of aliphatic hydroxyl groups is 1. The molecule has 2 aromatic rings. The molecule has 42 heteroatoms. The Morgan fingerprint density at radius 2 is 0.941 bits per heavy atom. The van der Waals surface area contributed by atoms with E-state index >= 15 is 0 Å². The standard InChI is InChI=1S/C60H96N22O19S/c1-28(2)46(82-52(94)35(8-6-19-69-59(64)65)74-56(98)42(26-83)81-48(90)30(4)72-47(89)29(3)73-49(91)34(61)14-16-43(62)85)57(99)76-36(15-17-45(87)88)50(92)80-41(24-44(63)86)55(97)78-39(22-31-10-12-33(84)13-11-31)53(95)75-37(18-21-102-5)51(93)79-40(23-32-25-68-27-71-32)54(96)77-38(58(100)101)9-7-20-70-60(66)67/h10-13,25,27-30,34-42,46,83-84H,6-9,14-24,26,61H2,1-5H3,(H2,62,85)(H2,63,86)(H,68,71)(H,72,89)(H,73,91)(H,74,98)(H,75,95)(H,76,99)(H,77,96)(H,78,97)(H,79,93)(H,80,92)(H,81,90)(H,82,94)(H,87,88)(H,100,101)(H4,64,65,69)(H4,66,67,70)/t29-,30-,34-,35-,36-,37-,38-,39-,40-,41-,42-,46-/m0/s1. The number of amides is 13. The lowest BCUT2D eigenvalue weighted by molar-refractivity contribution is -0.142. The van der Waals surface area contributed by atoms with Crippen LogP contribution in [0.25, 0.3) is 0 Å². The summed E-state index contributed by atoms with van der Waals surface area (Å²) in [4.78, 5) is 215. The number of hydrogen-bond acceptors (Lipinski definition) is 22. The molecule has 0 aliphatic heterocycles. The van der Waals surface area contributed by atoms with E-state index in [0.29, 0.717) is 11.3 Å². The Morgan fingerprint density at radius 3 is 1.43 bits per heavy atom. The third-order valence-electron chi connectivity index (χ3n) is 14.9. The lowest BCUT2D eigenvalue weighted by atomic mass is 10.0. The molecule has 0 aliphatic carbocycles. The van der Waals surface area contributed by atoms with Crippen LogP contribution in [0.1, 0.15) is 103 Å². The maximum Gasteiger partial charge on any atom is 0.326 e. The second kappa shape index (κ2) is 45.0. The summed E-state index contributed by atoms with van der Waals surface area (Å²) in [5.41, 5.74) is 38.7. The molecule has 1 aromatic heterocycles. The van der Waals surface area contributed by atoms with E-state index in [4.69, 9.17) is 40.1 Å². The number of H-pyrrole nitrogens is 1. The highest BCUT2D eigenvalue weighted by Gasteiger charge is 2.38. The average Bonchev–Trinajstić information content (AvgIpc) is 0.881. The van der Waals surface area contributed by atoms with Crippen LogP contribution < -0.4 is 98.6 Å². The summed E-state index contributed by atoms with van der Waals surface area (Å²) < 4.78 is 0. The number of carbonyl (C=O) groups excluding carboxylic acids is 13. The van der Waals surface area contributed by atoms with Crippen molar-refractivity contribution < 1.29 is 92.3 Å². The average molecular weight is 1460 g/mol. The Hall–Kier alpha value is -10.9. The molecule has 12 atom stereocenters. The Bertz CT molecular complexity index is 3260. The highest BCUT2D eigenvalue weighted by molar-refractivity contribution is 7.98. The van der Waals surface area contributed by atoms with Gasteiger partial charge in [-0.1, -0.05) is 26.0 Å². The molecule has 0 saturated heterocycles. The molecule has 1 aromatic carbocycles. The summed E-state index contributed by atoms with van der Waals surface area (Å²) in [5.74, 6) is -17.8. The number of aromatic hydroxyl groups is 1. The van der Waals surface area contributed by atoms with E-state index in [9.17, 15) is 92.3 Å². The first-order chi connectivity index (χ1) is 48.0. The van der Waals surface area contributed by atoms with E-state index in [1.807, 2.05) is 0 Å². The number of phenols is 1. The number of guanidine groups is 2. The molecule has 566 valence electrons. The van der Waals surface area contributed by atoms with Gasteiger partial charge in [0.2, 0.25) is 76.8 Å². The van der Waals surface area contributed by atoms with Crippen molar-refractivity contribution in [2.24, 2.45) is 56.0 Å². The predicted octanol–water partition coefficient (Wildman–Crippen LogP) is -8.80. The Kier molecular flexibility index (Phi) is 38.4. The van der Waals surface area contributed by atoms with Gasteiger partial charge in [0.1, 0.15) is 72.2 Å². The van der Waals surface area contributed by atoms with Gasteiger partial charge in [-0.3, -0.25) is 77.1 Å². The molecule has 1 heterocycles. The molecule has 0 saturated carbocycles. The zero-order valence-electron chi connectivity index (χ0n) is 57.0. The molecule has 0 spiro atoms. The molecule has 0 fully saturated rings. The van der Waals surface area contributed by atoms with E-state index in [-0.39, 0.29) is 87.9 Å². The minimum atomic E-state index is -2.00. The summed E-state index contributed by atoms with van der Waals surface area (Å²) in [6, 6.07) is -13.7. The topological polar surface area (TPSA) is 705 Å². The van der Waals surface area contributed by atoms with Gasteiger partial charge in [0.15, 0.2) is 11.9 Å².